The summed E-state index contributed by atoms with van der Waals surface area (Å²) in [6.07, 6.45) is 5.00. The Bertz CT molecular complexity index is 954. The summed E-state index contributed by atoms with van der Waals surface area (Å²) in [5, 5.41) is 8.07. The van der Waals surface area contributed by atoms with Gasteiger partial charge < -0.3 is 10.2 Å². The fourth-order valence-corrected chi connectivity index (χ4v) is 3.15. The van der Waals surface area contributed by atoms with Gasteiger partial charge in [0.1, 0.15) is 17.5 Å². The third-order valence-corrected chi connectivity index (χ3v) is 4.54. The van der Waals surface area contributed by atoms with Crippen molar-refractivity contribution in [1.82, 2.24) is 29.7 Å². The molecular weight excluding hydrogens is 320 g/mol. The monoisotopic (exact) mass is 340 g/mol. The number of nitrogens with one attached hydrogen (secondary N) is 2. The largest absolute Gasteiger partial charge is 0.367 e. The fourth-order valence-electron chi connectivity index (χ4n) is 3.15. The molecule has 0 aliphatic carbocycles. The smallest absolute Gasteiger partial charge is 0.263 e. The van der Waals surface area contributed by atoms with Crippen molar-refractivity contribution in [2.75, 3.05) is 23.3 Å². The summed E-state index contributed by atoms with van der Waals surface area (Å²) in [5.41, 5.74) is 1.40. The van der Waals surface area contributed by atoms with Crippen molar-refractivity contribution in [3.8, 4) is 0 Å². The van der Waals surface area contributed by atoms with Crippen molar-refractivity contribution in [1.29, 1.82) is 0 Å². The van der Waals surface area contributed by atoms with E-state index in [0.717, 1.165) is 37.4 Å². The summed E-state index contributed by atoms with van der Waals surface area (Å²) in [4.78, 5) is 30.1. The van der Waals surface area contributed by atoms with Gasteiger partial charge in [-0.15, -0.1) is 0 Å². The van der Waals surface area contributed by atoms with E-state index >= 15 is 0 Å². The number of fused-ring (bicyclic) bond motifs is 1. The van der Waals surface area contributed by atoms with E-state index in [2.05, 4.69) is 35.3 Å². The minimum absolute atomic E-state index is 0.148. The van der Waals surface area contributed by atoms with Crippen LogP contribution in [0, 0.1) is 6.92 Å². The first-order valence-corrected chi connectivity index (χ1v) is 8.32. The van der Waals surface area contributed by atoms with Gasteiger partial charge in [0.2, 0.25) is 5.95 Å². The van der Waals surface area contributed by atoms with E-state index in [-0.39, 0.29) is 5.56 Å². The lowest BCUT2D eigenvalue weighted by Gasteiger charge is -2.32. The second kappa shape index (κ2) is 6.15. The molecule has 1 aliphatic rings. The maximum absolute atomic E-state index is 12.2. The first-order chi connectivity index (χ1) is 12.1. The van der Waals surface area contributed by atoms with Crippen molar-refractivity contribution in [2.45, 2.75) is 25.8 Å². The van der Waals surface area contributed by atoms with Crippen LogP contribution in [0.15, 0.2) is 23.4 Å². The maximum Gasteiger partial charge on any atom is 0.263 e. The van der Waals surface area contributed by atoms with Gasteiger partial charge in [-0.3, -0.25) is 14.5 Å². The van der Waals surface area contributed by atoms with Crippen LogP contribution >= 0.6 is 0 Å². The van der Waals surface area contributed by atoms with Crippen LogP contribution in [-0.4, -0.2) is 48.8 Å². The Hall–Kier alpha value is -2.97. The summed E-state index contributed by atoms with van der Waals surface area (Å²) in [6, 6.07) is 2.29. The van der Waals surface area contributed by atoms with Crippen molar-refractivity contribution in [3.05, 3.63) is 34.6 Å². The standard InChI is InChI=1S/C16H20N8O/c1-10-7-13(18-9-17-10)20-11-3-5-24(6-4-11)16-21-14-12(15(25)22-16)8-19-23(14)2/h7-9,11H,3-6H2,1-2H3,(H,17,18,20)(H,21,22,25). The number of nitrogens with zero attached hydrogens (tertiary/aromatic N) is 6. The summed E-state index contributed by atoms with van der Waals surface area (Å²) in [7, 11) is 1.79. The fraction of sp³-hybridized carbons (Fsp3) is 0.438. The molecule has 0 bridgehead atoms. The number of hydrogen-bond acceptors (Lipinski definition) is 7. The van der Waals surface area contributed by atoms with E-state index in [4.69, 9.17) is 0 Å². The molecule has 0 saturated carbocycles. The summed E-state index contributed by atoms with van der Waals surface area (Å²) in [6.45, 7) is 3.58. The molecule has 9 heteroatoms. The molecule has 0 radical (unpaired) electrons. The highest BCUT2D eigenvalue weighted by atomic mass is 16.1. The molecule has 0 unspecified atom stereocenters. The Morgan fingerprint density at radius 1 is 1.28 bits per heavy atom. The molecule has 3 aromatic rings. The Morgan fingerprint density at radius 2 is 2.08 bits per heavy atom. The van der Waals surface area contributed by atoms with E-state index in [1.165, 1.54) is 0 Å². The van der Waals surface area contributed by atoms with Crippen molar-refractivity contribution in [2.24, 2.45) is 7.05 Å². The lowest BCUT2D eigenvalue weighted by molar-refractivity contribution is 0.518. The van der Waals surface area contributed by atoms with Gasteiger partial charge in [0.25, 0.3) is 5.56 Å². The molecule has 130 valence electrons. The Balaban J connectivity index is 1.47. The molecule has 0 aromatic carbocycles. The zero-order valence-electron chi connectivity index (χ0n) is 14.2. The second-order valence-electron chi connectivity index (χ2n) is 6.35. The van der Waals surface area contributed by atoms with Gasteiger partial charge in [0, 0.05) is 37.9 Å². The molecule has 1 fully saturated rings. The normalized spacial score (nSPS) is 15.7. The highest BCUT2D eigenvalue weighted by Crippen LogP contribution is 2.19. The van der Waals surface area contributed by atoms with Gasteiger partial charge in [-0.1, -0.05) is 0 Å². The second-order valence-corrected chi connectivity index (χ2v) is 6.35. The van der Waals surface area contributed by atoms with E-state index < -0.39 is 0 Å². The van der Waals surface area contributed by atoms with Gasteiger partial charge in [-0.05, 0) is 19.8 Å². The van der Waals surface area contributed by atoms with Crippen molar-refractivity contribution >= 4 is 22.8 Å². The Morgan fingerprint density at radius 3 is 2.84 bits per heavy atom. The lowest BCUT2D eigenvalue weighted by atomic mass is 10.1. The molecule has 4 heterocycles. The number of anilines is 2. The number of H-pyrrole nitrogens is 1. The molecule has 3 aromatic heterocycles. The molecule has 1 saturated heterocycles. The molecule has 9 nitrogen and oxygen atoms in total. The van der Waals surface area contributed by atoms with Crippen molar-refractivity contribution < 1.29 is 0 Å². The third kappa shape index (κ3) is 3.04. The van der Waals surface area contributed by atoms with E-state index in [1.807, 2.05) is 13.0 Å². The van der Waals surface area contributed by atoms with Gasteiger partial charge >= 0.3 is 0 Å². The van der Waals surface area contributed by atoms with Crippen molar-refractivity contribution in [3.63, 3.8) is 0 Å². The molecule has 25 heavy (non-hydrogen) atoms. The highest BCUT2D eigenvalue weighted by molar-refractivity contribution is 5.74. The molecule has 0 atom stereocenters. The quantitative estimate of drug-likeness (QED) is 0.728. The van der Waals surface area contributed by atoms with Gasteiger partial charge in [-0.25, -0.2) is 9.97 Å². The predicted octanol–water partition coefficient (Wildman–Crippen LogP) is 0.836. The average molecular weight is 340 g/mol. The SMILES string of the molecule is Cc1cc(NC2CCN(c3nc4c(cnn4C)c(=O)[nH]3)CC2)ncn1. The number of aryl methyl sites for hydroxylation is 2. The summed E-state index contributed by atoms with van der Waals surface area (Å²) < 4.78 is 1.62. The molecule has 1 aliphatic heterocycles. The van der Waals surface area contributed by atoms with Crippen LogP contribution < -0.4 is 15.8 Å². The minimum atomic E-state index is -0.148. The number of aromatic nitrogens is 6. The van der Waals surface area contributed by atoms with Gasteiger partial charge in [0.05, 0.1) is 6.20 Å². The highest BCUT2D eigenvalue weighted by Gasteiger charge is 2.22. The average Bonchev–Trinajstić information content (AvgIpc) is 2.97. The molecule has 0 spiro atoms. The number of aromatic amines is 1. The summed E-state index contributed by atoms with van der Waals surface area (Å²) >= 11 is 0. The Labute approximate surface area is 144 Å². The molecular formula is C16H20N8O. The molecule has 0 amide bonds. The number of rotatable bonds is 3. The van der Waals surface area contributed by atoms with Crippen LogP contribution in [0.4, 0.5) is 11.8 Å². The first-order valence-electron chi connectivity index (χ1n) is 8.32. The first kappa shape index (κ1) is 15.6. The van der Waals surface area contributed by atoms with Crippen LogP contribution in [0.5, 0.6) is 0 Å². The summed E-state index contributed by atoms with van der Waals surface area (Å²) in [5.74, 6) is 1.46. The topological polar surface area (TPSA) is 105 Å². The van der Waals surface area contributed by atoms with Gasteiger partial charge in [0.15, 0.2) is 5.65 Å². The molecule has 4 rings (SSSR count). The molecule has 2 N–H and O–H groups in total. The minimum Gasteiger partial charge on any atom is -0.367 e. The van der Waals surface area contributed by atoms with Crippen LogP contribution in [0.3, 0.4) is 0 Å². The third-order valence-electron chi connectivity index (χ3n) is 4.54. The van der Waals surface area contributed by atoms with Crippen LogP contribution in [0.25, 0.3) is 11.0 Å². The van der Waals surface area contributed by atoms with E-state index in [0.29, 0.717) is 23.0 Å². The Kier molecular flexibility index (Phi) is 3.83. The predicted molar refractivity (Wildman–Crippen MR) is 94.8 cm³/mol. The van der Waals surface area contributed by atoms with Gasteiger partial charge in [-0.2, -0.15) is 10.1 Å². The van der Waals surface area contributed by atoms with E-state index in [9.17, 15) is 4.79 Å². The van der Waals surface area contributed by atoms with Crippen LogP contribution in [0.2, 0.25) is 0 Å². The number of piperidine rings is 1. The van der Waals surface area contributed by atoms with Crippen LogP contribution in [-0.2, 0) is 7.05 Å². The zero-order valence-corrected chi connectivity index (χ0v) is 14.2. The number of hydrogen-bond donors (Lipinski definition) is 2. The maximum atomic E-state index is 12.2. The lowest BCUT2D eigenvalue weighted by Crippen LogP contribution is -2.40. The van der Waals surface area contributed by atoms with E-state index in [1.54, 1.807) is 24.3 Å². The van der Waals surface area contributed by atoms with Crippen LogP contribution in [0.1, 0.15) is 18.5 Å². The zero-order chi connectivity index (χ0) is 17.4.